The first-order chi connectivity index (χ1) is 9.29. The molecule has 0 aliphatic carbocycles. The Labute approximate surface area is 112 Å². The molecule has 0 aliphatic rings. The summed E-state index contributed by atoms with van der Waals surface area (Å²) in [4.78, 5) is 46.4. The summed E-state index contributed by atoms with van der Waals surface area (Å²) in [5.41, 5.74) is 3.99. The van der Waals surface area contributed by atoms with Crippen LogP contribution in [0.1, 0.15) is 23.2 Å². The first-order valence-electron chi connectivity index (χ1n) is 5.55. The summed E-state index contributed by atoms with van der Waals surface area (Å²) in [6.45, 7) is 0. The Kier molecular flexibility index (Phi) is 4.84. The molecule has 1 aromatic heterocycles. The second-order valence-corrected chi connectivity index (χ2v) is 3.99. The van der Waals surface area contributed by atoms with E-state index in [1.54, 1.807) is 0 Å². The van der Waals surface area contributed by atoms with Gasteiger partial charge in [-0.15, -0.1) is 0 Å². The lowest BCUT2D eigenvalue weighted by Gasteiger charge is -2.13. The first-order valence-corrected chi connectivity index (χ1v) is 5.55. The Balaban J connectivity index is 2.82. The molecular weight excluding hydrogens is 270 g/mol. The van der Waals surface area contributed by atoms with Crippen LogP contribution in [0, 0.1) is 0 Å². The van der Waals surface area contributed by atoms with Gasteiger partial charge in [-0.1, -0.05) is 0 Å². The maximum absolute atomic E-state index is 11.8. The monoisotopic (exact) mass is 283 g/mol. The highest BCUT2D eigenvalue weighted by molar-refractivity contribution is 5.96. The second-order valence-electron chi connectivity index (χ2n) is 3.99. The number of hydrogen-bond acceptors (Lipinski definition) is 5. The van der Waals surface area contributed by atoms with E-state index in [4.69, 9.17) is 15.9 Å². The molecule has 0 bridgehead atoms. The van der Waals surface area contributed by atoms with Crippen LogP contribution in [0.25, 0.3) is 0 Å². The van der Waals surface area contributed by atoms with Crippen LogP contribution in [0.2, 0.25) is 0 Å². The fourth-order valence-corrected chi connectivity index (χ4v) is 1.45. The van der Waals surface area contributed by atoms with Crippen LogP contribution in [0.5, 0.6) is 5.88 Å². The maximum atomic E-state index is 11.8. The van der Waals surface area contributed by atoms with Crippen molar-refractivity contribution in [3.8, 4) is 5.88 Å². The molecule has 1 rings (SSSR count). The molecule has 0 spiro atoms. The first kappa shape index (κ1) is 15.2. The molecule has 2 amide bonds. The minimum Gasteiger partial charge on any atom is -0.494 e. The number of aliphatic carboxylic acids is 1. The van der Waals surface area contributed by atoms with Crippen molar-refractivity contribution >= 4 is 17.8 Å². The Bertz CT molecular complexity index is 594. The van der Waals surface area contributed by atoms with Crippen molar-refractivity contribution in [1.82, 2.24) is 10.3 Å². The minimum absolute atomic E-state index is 0.175. The highest BCUT2D eigenvalue weighted by Gasteiger charge is 2.21. The number of H-pyrrole nitrogens is 1. The van der Waals surface area contributed by atoms with Crippen molar-refractivity contribution in [3.63, 3.8) is 0 Å². The van der Waals surface area contributed by atoms with E-state index in [9.17, 15) is 19.2 Å². The molecule has 0 radical (unpaired) electrons. The number of nitrogens with one attached hydrogen (secondary N) is 2. The molecule has 0 saturated heterocycles. The van der Waals surface area contributed by atoms with Gasteiger partial charge >= 0.3 is 5.97 Å². The lowest BCUT2D eigenvalue weighted by atomic mass is 10.1. The Hall–Kier alpha value is -2.84. The Morgan fingerprint density at radius 2 is 2.00 bits per heavy atom. The molecule has 1 atom stereocenters. The van der Waals surface area contributed by atoms with Crippen molar-refractivity contribution in [2.24, 2.45) is 5.73 Å². The van der Waals surface area contributed by atoms with Crippen LogP contribution in [-0.2, 0) is 9.59 Å². The summed E-state index contributed by atoms with van der Waals surface area (Å²) in [6, 6.07) is 0.558. The van der Waals surface area contributed by atoms with Crippen LogP contribution in [0.3, 0.4) is 0 Å². The van der Waals surface area contributed by atoms with Crippen molar-refractivity contribution in [2.45, 2.75) is 18.9 Å². The fourth-order valence-electron chi connectivity index (χ4n) is 1.45. The molecule has 0 aromatic carbocycles. The van der Waals surface area contributed by atoms with Crippen LogP contribution in [0.15, 0.2) is 16.9 Å². The van der Waals surface area contributed by atoms with E-state index in [1.165, 1.54) is 0 Å². The normalized spacial score (nSPS) is 11.6. The summed E-state index contributed by atoms with van der Waals surface area (Å²) in [5.74, 6) is -3.41. The third-order valence-corrected chi connectivity index (χ3v) is 2.38. The number of aromatic amines is 1. The van der Waals surface area contributed by atoms with Gasteiger partial charge in [-0.25, -0.2) is 4.79 Å². The predicted octanol–water partition coefficient (Wildman–Crippen LogP) is -1.47. The number of carboxylic acids is 1. The third-order valence-electron chi connectivity index (χ3n) is 2.38. The van der Waals surface area contributed by atoms with Gasteiger partial charge in [0.2, 0.25) is 5.91 Å². The zero-order valence-electron chi connectivity index (χ0n) is 10.3. The average molecular weight is 283 g/mol. The van der Waals surface area contributed by atoms with E-state index in [1.807, 2.05) is 4.98 Å². The number of carbonyl (C=O) groups excluding carboxylic acids is 2. The van der Waals surface area contributed by atoms with Crippen molar-refractivity contribution < 1.29 is 24.6 Å². The van der Waals surface area contributed by atoms with Gasteiger partial charge in [0.05, 0.1) is 5.56 Å². The topological polar surface area (TPSA) is 163 Å². The third kappa shape index (κ3) is 4.44. The predicted molar refractivity (Wildman–Crippen MR) is 66.0 cm³/mol. The van der Waals surface area contributed by atoms with Gasteiger partial charge in [0.15, 0.2) is 5.88 Å². The van der Waals surface area contributed by atoms with Crippen LogP contribution in [0.4, 0.5) is 0 Å². The van der Waals surface area contributed by atoms with Gasteiger partial charge in [-0.05, 0) is 6.42 Å². The van der Waals surface area contributed by atoms with Crippen molar-refractivity contribution in [1.29, 1.82) is 0 Å². The Morgan fingerprint density at radius 3 is 2.50 bits per heavy atom. The van der Waals surface area contributed by atoms with Crippen LogP contribution < -0.4 is 16.6 Å². The number of pyridine rings is 1. The van der Waals surface area contributed by atoms with E-state index in [0.717, 1.165) is 12.1 Å². The molecular formula is C11H13N3O6. The molecule has 9 nitrogen and oxygen atoms in total. The number of aromatic nitrogens is 1. The lowest BCUT2D eigenvalue weighted by molar-refractivity contribution is -0.139. The number of carboxylic acid groups (broad SMARTS) is 1. The molecule has 6 N–H and O–H groups in total. The summed E-state index contributed by atoms with van der Waals surface area (Å²) >= 11 is 0. The largest absolute Gasteiger partial charge is 0.494 e. The van der Waals surface area contributed by atoms with Gasteiger partial charge in [0, 0.05) is 18.6 Å². The highest BCUT2D eigenvalue weighted by Crippen LogP contribution is 2.05. The summed E-state index contributed by atoms with van der Waals surface area (Å²) in [6.07, 6.45) is -0.385. The van der Waals surface area contributed by atoms with Gasteiger partial charge in [0.25, 0.3) is 11.5 Å². The number of carbonyl (C=O) groups is 3. The molecule has 0 saturated carbocycles. The molecule has 1 unspecified atom stereocenters. The van der Waals surface area contributed by atoms with Gasteiger partial charge in [-0.3, -0.25) is 19.4 Å². The van der Waals surface area contributed by atoms with E-state index in [2.05, 4.69) is 5.32 Å². The molecule has 9 heteroatoms. The number of amides is 2. The molecule has 108 valence electrons. The number of hydrogen-bond donors (Lipinski definition) is 5. The van der Waals surface area contributed by atoms with Crippen LogP contribution in [-0.4, -0.2) is 39.0 Å². The maximum Gasteiger partial charge on any atom is 0.326 e. The van der Waals surface area contributed by atoms with E-state index in [0.29, 0.717) is 0 Å². The number of primary amides is 1. The zero-order chi connectivity index (χ0) is 15.3. The lowest BCUT2D eigenvalue weighted by Crippen LogP contribution is -2.41. The van der Waals surface area contributed by atoms with E-state index < -0.39 is 35.3 Å². The van der Waals surface area contributed by atoms with Crippen LogP contribution >= 0.6 is 0 Å². The van der Waals surface area contributed by atoms with Gasteiger partial charge in [-0.2, -0.15) is 0 Å². The smallest absolute Gasteiger partial charge is 0.326 e. The van der Waals surface area contributed by atoms with E-state index in [-0.39, 0.29) is 18.4 Å². The van der Waals surface area contributed by atoms with Crippen molar-refractivity contribution in [3.05, 3.63) is 28.0 Å². The summed E-state index contributed by atoms with van der Waals surface area (Å²) in [7, 11) is 0. The second kappa shape index (κ2) is 6.36. The highest BCUT2D eigenvalue weighted by atomic mass is 16.4. The molecule has 0 fully saturated rings. The quantitative estimate of drug-likeness (QED) is 0.428. The number of rotatable bonds is 6. The van der Waals surface area contributed by atoms with Gasteiger partial charge < -0.3 is 21.3 Å². The van der Waals surface area contributed by atoms with Gasteiger partial charge in [0.1, 0.15) is 6.04 Å². The molecule has 1 aromatic rings. The molecule has 20 heavy (non-hydrogen) atoms. The number of nitrogens with two attached hydrogens (primary N) is 1. The molecule has 0 aliphatic heterocycles. The Morgan fingerprint density at radius 1 is 1.35 bits per heavy atom. The fraction of sp³-hybridized carbons (Fsp3) is 0.273. The number of aromatic hydroxyl groups is 1. The van der Waals surface area contributed by atoms with Crippen molar-refractivity contribution in [2.75, 3.05) is 0 Å². The molecule has 1 heterocycles. The standard InChI is InChI=1S/C11H13N3O6/c12-7(15)2-1-6(11(19)20)13-10(18)5-3-8(16)14-9(17)4-5/h3-4,6H,1-2H2,(H2,12,15)(H,13,18)(H,19,20)(H2,14,16,17). The zero-order valence-corrected chi connectivity index (χ0v) is 10.3. The minimum atomic E-state index is -1.34. The van der Waals surface area contributed by atoms with E-state index >= 15 is 0 Å². The average Bonchev–Trinajstić information content (AvgIpc) is 2.32. The summed E-state index contributed by atoms with van der Waals surface area (Å²) < 4.78 is 0. The SMILES string of the molecule is NC(=O)CCC(NC(=O)c1cc(O)[nH]c(=O)c1)C(=O)O. The summed E-state index contributed by atoms with van der Waals surface area (Å²) in [5, 5.41) is 20.2.